The number of anilines is 2. The first-order chi connectivity index (χ1) is 7.52. The van der Waals surface area contributed by atoms with E-state index in [1.165, 1.54) is 6.33 Å². The normalized spacial score (nSPS) is 11.1. The van der Waals surface area contributed by atoms with Crippen LogP contribution in [0.15, 0.2) is 6.33 Å². The first-order valence-corrected chi connectivity index (χ1v) is 5.51. The van der Waals surface area contributed by atoms with E-state index < -0.39 is 0 Å². The summed E-state index contributed by atoms with van der Waals surface area (Å²) in [6.07, 6.45) is 1.50. The lowest BCUT2D eigenvalue weighted by atomic mass is 10.0. The molecule has 90 valence electrons. The standard InChI is InChI=1S/C11H21N5/c1-8(2)9-10(12)14-7-15-11(9)13-5-6-16(3)4/h7-8H,5-6H2,1-4H3,(H3,12,13,14,15). The van der Waals surface area contributed by atoms with Crippen molar-refractivity contribution in [1.29, 1.82) is 0 Å². The molecule has 0 radical (unpaired) electrons. The Morgan fingerprint density at radius 1 is 1.38 bits per heavy atom. The molecule has 0 atom stereocenters. The molecule has 0 spiro atoms. The SMILES string of the molecule is CC(C)c1c(N)ncnc1NCCN(C)C. The number of hydrogen-bond acceptors (Lipinski definition) is 5. The maximum atomic E-state index is 5.85. The summed E-state index contributed by atoms with van der Waals surface area (Å²) in [5, 5.41) is 3.29. The van der Waals surface area contributed by atoms with Crippen LogP contribution in [0.2, 0.25) is 0 Å². The summed E-state index contributed by atoms with van der Waals surface area (Å²) in [5.74, 6) is 1.74. The Labute approximate surface area is 97.1 Å². The van der Waals surface area contributed by atoms with Gasteiger partial charge in [0.15, 0.2) is 0 Å². The van der Waals surface area contributed by atoms with Gasteiger partial charge in [-0.05, 0) is 20.0 Å². The van der Waals surface area contributed by atoms with Crippen molar-refractivity contribution in [1.82, 2.24) is 14.9 Å². The van der Waals surface area contributed by atoms with Crippen molar-refractivity contribution >= 4 is 11.6 Å². The molecule has 1 aromatic rings. The van der Waals surface area contributed by atoms with E-state index in [0.29, 0.717) is 11.7 Å². The van der Waals surface area contributed by atoms with Crippen LogP contribution in [-0.2, 0) is 0 Å². The average Bonchev–Trinajstić information content (AvgIpc) is 2.16. The number of rotatable bonds is 5. The molecule has 0 aliphatic heterocycles. The lowest BCUT2D eigenvalue weighted by molar-refractivity contribution is 0.425. The fourth-order valence-electron chi connectivity index (χ4n) is 1.52. The highest BCUT2D eigenvalue weighted by Gasteiger charge is 2.12. The molecule has 0 unspecified atom stereocenters. The van der Waals surface area contributed by atoms with Crippen LogP contribution in [0.25, 0.3) is 0 Å². The first-order valence-electron chi connectivity index (χ1n) is 5.51. The predicted octanol–water partition coefficient (Wildman–Crippen LogP) is 1.16. The number of nitrogens with two attached hydrogens (primary N) is 1. The smallest absolute Gasteiger partial charge is 0.135 e. The monoisotopic (exact) mass is 223 g/mol. The van der Waals surface area contributed by atoms with Crippen LogP contribution in [0.1, 0.15) is 25.3 Å². The maximum Gasteiger partial charge on any atom is 0.135 e. The highest BCUT2D eigenvalue weighted by Crippen LogP contribution is 2.25. The van der Waals surface area contributed by atoms with E-state index in [0.717, 1.165) is 24.5 Å². The topological polar surface area (TPSA) is 67.1 Å². The van der Waals surface area contributed by atoms with E-state index in [-0.39, 0.29) is 0 Å². The molecule has 16 heavy (non-hydrogen) atoms. The van der Waals surface area contributed by atoms with Gasteiger partial charge in [0.1, 0.15) is 18.0 Å². The quantitative estimate of drug-likeness (QED) is 0.784. The fraction of sp³-hybridized carbons (Fsp3) is 0.636. The Hall–Kier alpha value is -1.36. The second-order valence-corrected chi connectivity index (χ2v) is 4.41. The summed E-state index contributed by atoms with van der Waals surface area (Å²) in [4.78, 5) is 10.4. The van der Waals surface area contributed by atoms with Gasteiger partial charge in [0, 0.05) is 18.7 Å². The minimum absolute atomic E-state index is 0.322. The largest absolute Gasteiger partial charge is 0.383 e. The predicted molar refractivity (Wildman–Crippen MR) is 67.6 cm³/mol. The second-order valence-electron chi connectivity index (χ2n) is 4.41. The van der Waals surface area contributed by atoms with Crippen molar-refractivity contribution < 1.29 is 0 Å². The zero-order chi connectivity index (χ0) is 12.1. The molecule has 0 aromatic carbocycles. The zero-order valence-electron chi connectivity index (χ0n) is 10.5. The number of nitrogen functional groups attached to an aromatic ring is 1. The van der Waals surface area contributed by atoms with Gasteiger partial charge in [0.05, 0.1) is 0 Å². The Morgan fingerprint density at radius 3 is 2.62 bits per heavy atom. The highest BCUT2D eigenvalue weighted by molar-refractivity contribution is 5.56. The maximum absolute atomic E-state index is 5.85. The number of nitrogens with zero attached hydrogens (tertiary/aromatic N) is 3. The molecule has 0 saturated heterocycles. The third kappa shape index (κ3) is 3.34. The molecule has 0 saturated carbocycles. The number of likely N-dealkylation sites (N-methyl/N-ethyl adjacent to an activating group) is 1. The van der Waals surface area contributed by atoms with Crippen molar-refractivity contribution in [2.24, 2.45) is 0 Å². The van der Waals surface area contributed by atoms with Gasteiger partial charge in [-0.15, -0.1) is 0 Å². The van der Waals surface area contributed by atoms with Crippen molar-refractivity contribution in [2.75, 3.05) is 38.2 Å². The van der Waals surface area contributed by atoms with Gasteiger partial charge in [-0.1, -0.05) is 13.8 Å². The van der Waals surface area contributed by atoms with Gasteiger partial charge >= 0.3 is 0 Å². The van der Waals surface area contributed by atoms with E-state index in [4.69, 9.17) is 5.73 Å². The number of nitrogens with one attached hydrogen (secondary N) is 1. The van der Waals surface area contributed by atoms with Crippen LogP contribution in [0.4, 0.5) is 11.6 Å². The second kappa shape index (κ2) is 5.65. The van der Waals surface area contributed by atoms with Crippen LogP contribution >= 0.6 is 0 Å². The molecule has 1 heterocycles. The molecule has 1 aromatic heterocycles. The summed E-state index contributed by atoms with van der Waals surface area (Å²) >= 11 is 0. The van der Waals surface area contributed by atoms with Crippen LogP contribution in [0, 0.1) is 0 Å². The van der Waals surface area contributed by atoms with Crippen molar-refractivity contribution in [3.8, 4) is 0 Å². The highest BCUT2D eigenvalue weighted by atomic mass is 15.1. The molecular formula is C11H21N5. The van der Waals surface area contributed by atoms with Gasteiger partial charge in [-0.2, -0.15) is 0 Å². The van der Waals surface area contributed by atoms with Crippen molar-refractivity contribution in [3.05, 3.63) is 11.9 Å². The third-order valence-electron chi connectivity index (χ3n) is 2.34. The van der Waals surface area contributed by atoms with Gasteiger partial charge in [-0.25, -0.2) is 9.97 Å². The van der Waals surface area contributed by atoms with Gasteiger partial charge in [-0.3, -0.25) is 0 Å². The number of aromatic nitrogens is 2. The summed E-state index contributed by atoms with van der Waals surface area (Å²) in [6, 6.07) is 0. The summed E-state index contributed by atoms with van der Waals surface area (Å²) < 4.78 is 0. The third-order valence-corrected chi connectivity index (χ3v) is 2.34. The molecule has 1 rings (SSSR count). The van der Waals surface area contributed by atoms with E-state index in [1.54, 1.807) is 0 Å². The van der Waals surface area contributed by atoms with Crippen LogP contribution in [0.3, 0.4) is 0 Å². The molecule has 0 aliphatic rings. The molecule has 0 aliphatic carbocycles. The van der Waals surface area contributed by atoms with E-state index in [2.05, 4.69) is 34.0 Å². The fourth-order valence-corrected chi connectivity index (χ4v) is 1.52. The van der Waals surface area contributed by atoms with E-state index in [1.807, 2.05) is 14.1 Å². The Kier molecular flexibility index (Phi) is 4.49. The average molecular weight is 223 g/mol. The lowest BCUT2D eigenvalue weighted by Gasteiger charge is -2.16. The zero-order valence-corrected chi connectivity index (χ0v) is 10.5. The van der Waals surface area contributed by atoms with Crippen LogP contribution in [-0.4, -0.2) is 42.1 Å². The molecule has 5 nitrogen and oxygen atoms in total. The molecule has 0 amide bonds. The summed E-state index contributed by atoms with van der Waals surface area (Å²) in [5.41, 5.74) is 6.85. The van der Waals surface area contributed by atoms with E-state index >= 15 is 0 Å². The minimum Gasteiger partial charge on any atom is -0.383 e. The van der Waals surface area contributed by atoms with Crippen LogP contribution in [0.5, 0.6) is 0 Å². The lowest BCUT2D eigenvalue weighted by Crippen LogP contribution is -2.22. The Bertz CT molecular complexity index is 335. The summed E-state index contributed by atoms with van der Waals surface area (Å²) in [7, 11) is 4.08. The van der Waals surface area contributed by atoms with Crippen molar-refractivity contribution in [3.63, 3.8) is 0 Å². The molecule has 5 heteroatoms. The van der Waals surface area contributed by atoms with Gasteiger partial charge in [0.25, 0.3) is 0 Å². The molecule has 0 fully saturated rings. The minimum atomic E-state index is 0.322. The molecule has 0 bridgehead atoms. The molecule has 3 N–H and O–H groups in total. The summed E-state index contributed by atoms with van der Waals surface area (Å²) in [6.45, 7) is 5.99. The van der Waals surface area contributed by atoms with Crippen molar-refractivity contribution in [2.45, 2.75) is 19.8 Å². The Morgan fingerprint density at radius 2 is 2.06 bits per heavy atom. The van der Waals surface area contributed by atoms with Gasteiger partial charge < -0.3 is 16.0 Å². The molecular weight excluding hydrogens is 202 g/mol. The first kappa shape index (κ1) is 12.7. The number of hydrogen-bond donors (Lipinski definition) is 2. The van der Waals surface area contributed by atoms with Crippen LogP contribution < -0.4 is 11.1 Å². The van der Waals surface area contributed by atoms with E-state index in [9.17, 15) is 0 Å². The van der Waals surface area contributed by atoms with Gasteiger partial charge in [0.2, 0.25) is 0 Å². The Balaban J connectivity index is 2.75.